The molecule has 0 saturated carbocycles. The van der Waals surface area contributed by atoms with E-state index in [1.807, 2.05) is 19.9 Å². The number of rotatable bonds is 6. The Morgan fingerprint density at radius 2 is 2.11 bits per heavy atom. The number of hydrogen-bond donors (Lipinski definition) is 1. The van der Waals surface area contributed by atoms with Crippen LogP contribution >= 0.6 is 0 Å². The largest absolute Gasteiger partial charge is 0.405 e. The first kappa shape index (κ1) is 15.8. The Kier molecular flexibility index (Phi) is 5.60. The zero-order valence-electron chi connectivity index (χ0n) is 11.5. The molecule has 3 nitrogen and oxygen atoms in total. The predicted octanol–water partition coefficient (Wildman–Crippen LogP) is 3.14. The van der Waals surface area contributed by atoms with E-state index in [0.29, 0.717) is 18.8 Å². The van der Waals surface area contributed by atoms with Crippen LogP contribution in [0.15, 0.2) is 18.3 Å². The SMILES string of the molecule is CCCN(CC(F)(F)F)c1ncccc1C(C)NC. The number of nitrogens with zero attached hydrogens (tertiary/aromatic N) is 2. The molecule has 0 aliphatic rings. The highest BCUT2D eigenvalue weighted by atomic mass is 19.4. The second-order valence-electron chi connectivity index (χ2n) is 4.46. The quantitative estimate of drug-likeness (QED) is 0.864. The molecule has 1 aromatic heterocycles. The molecule has 1 heterocycles. The van der Waals surface area contributed by atoms with E-state index >= 15 is 0 Å². The van der Waals surface area contributed by atoms with Gasteiger partial charge in [0.15, 0.2) is 0 Å². The van der Waals surface area contributed by atoms with Gasteiger partial charge in [-0.05, 0) is 26.5 Å². The van der Waals surface area contributed by atoms with Crippen LogP contribution in [0.2, 0.25) is 0 Å². The fourth-order valence-electron chi connectivity index (χ4n) is 1.91. The summed E-state index contributed by atoms with van der Waals surface area (Å²) < 4.78 is 37.9. The lowest BCUT2D eigenvalue weighted by molar-refractivity contribution is -0.119. The van der Waals surface area contributed by atoms with Gasteiger partial charge >= 0.3 is 6.18 Å². The highest BCUT2D eigenvalue weighted by Gasteiger charge is 2.32. The summed E-state index contributed by atoms with van der Waals surface area (Å²) in [5.41, 5.74) is 0.780. The van der Waals surface area contributed by atoms with Gasteiger partial charge in [-0.25, -0.2) is 4.98 Å². The summed E-state index contributed by atoms with van der Waals surface area (Å²) in [4.78, 5) is 5.43. The van der Waals surface area contributed by atoms with E-state index < -0.39 is 12.7 Å². The molecule has 0 fully saturated rings. The monoisotopic (exact) mass is 275 g/mol. The third-order valence-electron chi connectivity index (χ3n) is 2.88. The maximum Gasteiger partial charge on any atom is 0.405 e. The molecule has 0 spiro atoms. The summed E-state index contributed by atoms with van der Waals surface area (Å²) in [6.45, 7) is 3.12. The minimum atomic E-state index is -4.23. The zero-order valence-corrected chi connectivity index (χ0v) is 11.5. The van der Waals surface area contributed by atoms with Crippen LogP contribution in [-0.2, 0) is 0 Å². The first-order chi connectivity index (χ1) is 8.89. The molecule has 0 saturated heterocycles. The molecule has 1 N–H and O–H groups in total. The zero-order chi connectivity index (χ0) is 14.5. The van der Waals surface area contributed by atoms with Crippen LogP contribution in [-0.4, -0.2) is 31.3 Å². The summed E-state index contributed by atoms with van der Waals surface area (Å²) in [6.07, 6.45) is -2.06. The molecule has 0 amide bonds. The van der Waals surface area contributed by atoms with Crippen molar-refractivity contribution in [2.24, 2.45) is 0 Å². The average molecular weight is 275 g/mol. The Morgan fingerprint density at radius 1 is 1.42 bits per heavy atom. The number of halogens is 3. The van der Waals surface area contributed by atoms with Crippen molar-refractivity contribution in [3.63, 3.8) is 0 Å². The molecular weight excluding hydrogens is 255 g/mol. The Balaban J connectivity index is 3.08. The lowest BCUT2D eigenvalue weighted by Crippen LogP contribution is -2.36. The summed E-state index contributed by atoms with van der Waals surface area (Å²) in [5, 5.41) is 3.03. The number of hydrogen-bond acceptors (Lipinski definition) is 3. The van der Waals surface area contributed by atoms with Crippen LogP contribution in [0, 0.1) is 0 Å². The van der Waals surface area contributed by atoms with Crippen LogP contribution in [0.3, 0.4) is 0 Å². The molecule has 108 valence electrons. The Bertz CT molecular complexity index is 393. The van der Waals surface area contributed by atoms with Gasteiger partial charge in [-0.2, -0.15) is 13.2 Å². The van der Waals surface area contributed by atoms with Crippen molar-refractivity contribution in [3.8, 4) is 0 Å². The molecule has 0 aliphatic heterocycles. The van der Waals surface area contributed by atoms with Gasteiger partial charge in [-0.1, -0.05) is 13.0 Å². The van der Waals surface area contributed by atoms with Crippen molar-refractivity contribution >= 4 is 5.82 Å². The molecule has 1 atom stereocenters. The predicted molar refractivity (Wildman–Crippen MR) is 70.3 cm³/mol. The van der Waals surface area contributed by atoms with Crippen LogP contribution in [0.4, 0.5) is 19.0 Å². The molecule has 0 bridgehead atoms. The summed E-state index contributed by atoms with van der Waals surface area (Å²) in [5.74, 6) is 0.406. The fraction of sp³-hybridized carbons (Fsp3) is 0.615. The smallest absolute Gasteiger partial charge is 0.347 e. The lowest BCUT2D eigenvalue weighted by atomic mass is 10.1. The number of aromatic nitrogens is 1. The Labute approximate surface area is 111 Å². The molecular formula is C13H20F3N3. The summed E-state index contributed by atoms with van der Waals surface area (Å²) in [6, 6.07) is 3.50. The molecule has 19 heavy (non-hydrogen) atoms. The van der Waals surface area contributed by atoms with E-state index in [0.717, 1.165) is 5.56 Å². The van der Waals surface area contributed by atoms with E-state index in [2.05, 4.69) is 10.3 Å². The van der Waals surface area contributed by atoms with Crippen LogP contribution < -0.4 is 10.2 Å². The van der Waals surface area contributed by atoms with Gasteiger partial charge in [0.25, 0.3) is 0 Å². The third-order valence-corrected chi connectivity index (χ3v) is 2.88. The third kappa shape index (κ3) is 4.70. The van der Waals surface area contributed by atoms with Crippen molar-refractivity contribution in [2.45, 2.75) is 32.5 Å². The first-order valence-electron chi connectivity index (χ1n) is 6.33. The highest BCUT2D eigenvalue weighted by molar-refractivity contribution is 5.48. The number of pyridine rings is 1. The number of nitrogens with one attached hydrogen (secondary N) is 1. The van der Waals surface area contributed by atoms with Crippen LogP contribution in [0.1, 0.15) is 31.9 Å². The van der Waals surface area contributed by atoms with Crippen molar-refractivity contribution < 1.29 is 13.2 Å². The van der Waals surface area contributed by atoms with Crippen molar-refractivity contribution in [3.05, 3.63) is 23.9 Å². The summed E-state index contributed by atoms with van der Waals surface area (Å²) in [7, 11) is 1.77. The number of alkyl halides is 3. The molecule has 1 rings (SSSR count). The van der Waals surface area contributed by atoms with Gasteiger partial charge in [0.2, 0.25) is 0 Å². The van der Waals surface area contributed by atoms with Gasteiger partial charge in [0.05, 0.1) is 0 Å². The molecule has 0 aromatic carbocycles. The maximum absolute atomic E-state index is 12.6. The molecule has 6 heteroatoms. The van der Waals surface area contributed by atoms with E-state index in [-0.39, 0.29) is 6.04 Å². The minimum Gasteiger partial charge on any atom is -0.347 e. The molecule has 0 aliphatic carbocycles. The van der Waals surface area contributed by atoms with Crippen LogP contribution in [0.25, 0.3) is 0 Å². The summed E-state index contributed by atoms with van der Waals surface area (Å²) >= 11 is 0. The van der Waals surface area contributed by atoms with E-state index in [4.69, 9.17) is 0 Å². The van der Waals surface area contributed by atoms with Crippen molar-refractivity contribution in [1.29, 1.82) is 0 Å². The average Bonchev–Trinajstić information content (AvgIpc) is 2.36. The van der Waals surface area contributed by atoms with Gasteiger partial charge < -0.3 is 10.2 Å². The van der Waals surface area contributed by atoms with E-state index in [1.54, 1.807) is 13.1 Å². The minimum absolute atomic E-state index is 0.0451. The molecule has 0 radical (unpaired) electrons. The van der Waals surface area contributed by atoms with Gasteiger partial charge in [0, 0.05) is 24.3 Å². The number of anilines is 1. The molecule has 1 aromatic rings. The standard InChI is InChI=1S/C13H20F3N3/c1-4-8-19(9-13(14,15)16)12-11(10(2)17-3)6-5-7-18-12/h5-7,10,17H,4,8-9H2,1-3H3. The highest BCUT2D eigenvalue weighted by Crippen LogP contribution is 2.27. The molecule has 1 unspecified atom stereocenters. The van der Waals surface area contributed by atoms with Gasteiger partial charge in [-0.15, -0.1) is 0 Å². The topological polar surface area (TPSA) is 28.2 Å². The van der Waals surface area contributed by atoms with Crippen molar-refractivity contribution in [1.82, 2.24) is 10.3 Å². The fourth-order valence-corrected chi connectivity index (χ4v) is 1.91. The van der Waals surface area contributed by atoms with E-state index in [1.165, 1.54) is 11.1 Å². The van der Waals surface area contributed by atoms with Gasteiger partial charge in [-0.3, -0.25) is 0 Å². The van der Waals surface area contributed by atoms with Crippen LogP contribution in [0.5, 0.6) is 0 Å². The normalized spacial score (nSPS) is 13.4. The second-order valence-corrected chi connectivity index (χ2v) is 4.46. The van der Waals surface area contributed by atoms with Gasteiger partial charge in [0.1, 0.15) is 12.4 Å². The van der Waals surface area contributed by atoms with Crippen molar-refractivity contribution in [2.75, 3.05) is 25.0 Å². The Morgan fingerprint density at radius 3 is 2.63 bits per heavy atom. The maximum atomic E-state index is 12.6. The van der Waals surface area contributed by atoms with E-state index in [9.17, 15) is 13.2 Å². The lowest BCUT2D eigenvalue weighted by Gasteiger charge is -2.28. The Hall–Kier alpha value is -1.30. The second kappa shape index (κ2) is 6.75. The first-order valence-corrected chi connectivity index (χ1v) is 6.33.